The zero-order chi connectivity index (χ0) is 10.6. The number of nitrogens with two attached hydrogens (primary N) is 1. The molecule has 3 nitrogen and oxygen atoms in total. The Bertz CT molecular complexity index is 334. The van der Waals surface area contributed by atoms with E-state index in [9.17, 15) is 4.79 Å². The number of carbonyl (C=O) groups excluding carboxylic acids is 1. The minimum absolute atomic E-state index is 0.00319. The Morgan fingerprint density at radius 1 is 1.50 bits per heavy atom. The first-order chi connectivity index (χ1) is 6.65. The number of aryl methyl sites for hydroxylation is 1. The number of aliphatic hydroxyl groups is 1. The van der Waals surface area contributed by atoms with Crippen LogP contribution in [0.4, 0.5) is 5.69 Å². The second kappa shape index (κ2) is 4.77. The molecule has 0 aliphatic rings. The monoisotopic (exact) mass is 193 g/mol. The Labute approximate surface area is 83.6 Å². The van der Waals surface area contributed by atoms with Crippen LogP contribution in [0.1, 0.15) is 28.8 Å². The van der Waals surface area contributed by atoms with Crippen molar-refractivity contribution in [3.05, 3.63) is 29.3 Å². The largest absolute Gasteiger partial charge is 0.398 e. The molecule has 0 saturated heterocycles. The van der Waals surface area contributed by atoms with Gasteiger partial charge in [-0.15, -0.1) is 0 Å². The molecule has 3 N–H and O–H groups in total. The zero-order valence-electron chi connectivity index (χ0n) is 8.29. The fourth-order valence-corrected chi connectivity index (χ4v) is 1.31. The van der Waals surface area contributed by atoms with Crippen molar-refractivity contribution in [1.82, 2.24) is 0 Å². The van der Waals surface area contributed by atoms with Crippen molar-refractivity contribution in [3.8, 4) is 0 Å². The molecular weight excluding hydrogens is 178 g/mol. The number of hydrogen-bond donors (Lipinski definition) is 2. The van der Waals surface area contributed by atoms with E-state index in [1.807, 2.05) is 13.0 Å². The molecule has 0 amide bonds. The van der Waals surface area contributed by atoms with Crippen LogP contribution < -0.4 is 5.73 Å². The highest BCUT2D eigenvalue weighted by molar-refractivity contribution is 6.00. The van der Waals surface area contributed by atoms with Gasteiger partial charge in [-0.05, 0) is 31.0 Å². The molecule has 1 rings (SSSR count). The van der Waals surface area contributed by atoms with Gasteiger partial charge in [-0.3, -0.25) is 4.79 Å². The average Bonchev–Trinajstić information content (AvgIpc) is 2.14. The van der Waals surface area contributed by atoms with Crippen molar-refractivity contribution in [2.45, 2.75) is 19.8 Å². The maximum absolute atomic E-state index is 11.5. The van der Waals surface area contributed by atoms with Crippen molar-refractivity contribution in [3.63, 3.8) is 0 Å². The summed E-state index contributed by atoms with van der Waals surface area (Å²) >= 11 is 0. The molecule has 0 aliphatic carbocycles. The van der Waals surface area contributed by atoms with Crippen LogP contribution in [0.5, 0.6) is 0 Å². The van der Waals surface area contributed by atoms with Gasteiger partial charge in [-0.2, -0.15) is 0 Å². The number of rotatable bonds is 4. The number of Topliss-reactive ketones (excluding diaryl/α,β-unsaturated/α-hetero) is 1. The van der Waals surface area contributed by atoms with Crippen LogP contribution in [-0.2, 0) is 0 Å². The Hall–Kier alpha value is -1.35. The van der Waals surface area contributed by atoms with Crippen molar-refractivity contribution >= 4 is 11.5 Å². The normalized spacial score (nSPS) is 10.1. The number of benzene rings is 1. The van der Waals surface area contributed by atoms with E-state index in [0.29, 0.717) is 24.1 Å². The molecule has 1 aromatic carbocycles. The Morgan fingerprint density at radius 3 is 2.79 bits per heavy atom. The van der Waals surface area contributed by atoms with Crippen LogP contribution in [0.3, 0.4) is 0 Å². The molecule has 0 aliphatic heterocycles. The van der Waals surface area contributed by atoms with Crippen molar-refractivity contribution in [2.75, 3.05) is 12.3 Å². The lowest BCUT2D eigenvalue weighted by Crippen LogP contribution is -2.04. The molecule has 76 valence electrons. The van der Waals surface area contributed by atoms with Crippen molar-refractivity contribution in [1.29, 1.82) is 0 Å². The van der Waals surface area contributed by atoms with E-state index < -0.39 is 0 Å². The number of ketones is 1. The summed E-state index contributed by atoms with van der Waals surface area (Å²) < 4.78 is 0. The Morgan fingerprint density at radius 2 is 2.21 bits per heavy atom. The molecule has 0 unspecified atom stereocenters. The molecule has 14 heavy (non-hydrogen) atoms. The van der Waals surface area contributed by atoms with E-state index in [1.54, 1.807) is 12.1 Å². The molecule has 0 aromatic heterocycles. The van der Waals surface area contributed by atoms with Gasteiger partial charge in [0.05, 0.1) is 0 Å². The lowest BCUT2D eigenvalue weighted by Gasteiger charge is -2.04. The highest BCUT2D eigenvalue weighted by Gasteiger charge is 2.08. The van der Waals surface area contributed by atoms with Crippen LogP contribution in [0.2, 0.25) is 0 Å². The van der Waals surface area contributed by atoms with E-state index in [4.69, 9.17) is 10.8 Å². The number of carbonyl (C=O) groups is 1. The highest BCUT2D eigenvalue weighted by atomic mass is 16.3. The topological polar surface area (TPSA) is 63.3 Å². The summed E-state index contributed by atoms with van der Waals surface area (Å²) in [6.45, 7) is 1.97. The Kier molecular flexibility index (Phi) is 3.65. The third-order valence-corrected chi connectivity index (χ3v) is 2.07. The minimum atomic E-state index is -0.00319. The molecule has 3 heteroatoms. The van der Waals surface area contributed by atoms with E-state index in [1.165, 1.54) is 0 Å². The molecule has 0 atom stereocenters. The summed E-state index contributed by atoms with van der Waals surface area (Å²) in [6.07, 6.45) is 0.843. The minimum Gasteiger partial charge on any atom is -0.398 e. The van der Waals surface area contributed by atoms with Gasteiger partial charge in [0.2, 0.25) is 0 Å². The quantitative estimate of drug-likeness (QED) is 0.563. The van der Waals surface area contributed by atoms with E-state index >= 15 is 0 Å². The zero-order valence-corrected chi connectivity index (χ0v) is 8.29. The van der Waals surface area contributed by atoms with Crippen LogP contribution in [0.25, 0.3) is 0 Å². The van der Waals surface area contributed by atoms with Crippen LogP contribution in [-0.4, -0.2) is 17.5 Å². The first-order valence-corrected chi connectivity index (χ1v) is 4.65. The molecule has 0 heterocycles. The molecule has 0 spiro atoms. The fourth-order valence-electron chi connectivity index (χ4n) is 1.31. The van der Waals surface area contributed by atoms with E-state index in [0.717, 1.165) is 5.56 Å². The van der Waals surface area contributed by atoms with Gasteiger partial charge in [0.15, 0.2) is 5.78 Å². The van der Waals surface area contributed by atoms with E-state index in [2.05, 4.69) is 0 Å². The third kappa shape index (κ3) is 2.57. The maximum Gasteiger partial charge on any atom is 0.165 e. The molecule has 1 aromatic rings. The number of anilines is 1. The second-order valence-electron chi connectivity index (χ2n) is 3.34. The highest BCUT2D eigenvalue weighted by Crippen LogP contribution is 2.16. The molecular formula is C11H15NO2. The summed E-state index contributed by atoms with van der Waals surface area (Å²) in [6, 6.07) is 5.39. The summed E-state index contributed by atoms with van der Waals surface area (Å²) in [5.41, 5.74) is 7.83. The molecule has 0 fully saturated rings. The molecule has 0 radical (unpaired) electrons. The number of hydrogen-bond acceptors (Lipinski definition) is 3. The predicted molar refractivity (Wildman–Crippen MR) is 56.2 cm³/mol. The summed E-state index contributed by atoms with van der Waals surface area (Å²) in [5.74, 6) is -0.00319. The first-order valence-electron chi connectivity index (χ1n) is 4.65. The van der Waals surface area contributed by atoms with Gasteiger partial charge < -0.3 is 10.8 Å². The summed E-state index contributed by atoms with van der Waals surface area (Å²) in [5, 5.41) is 8.59. The summed E-state index contributed by atoms with van der Waals surface area (Å²) in [4.78, 5) is 11.5. The van der Waals surface area contributed by atoms with Gasteiger partial charge in [-0.1, -0.05) is 6.07 Å². The third-order valence-electron chi connectivity index (χ3n) is 2.07. The summed E-state index contributed by atoms with van der Waals surface area (Å²) in [7, 11) is 0. The SMILES string of the molecule is Cc1ccc(C(=O)CCCO)c(N)c1. The van der Waals surface area contributed by atoms with Gasteiger partial charge in [0.1, 0.15) is 0 Å². The van der Waals surface area contributed by atoms with Gasteiger partial charge >= 0.3 is 0 Å². The standard InChI is InChI=1S/C11H15NO2/c1-8-4-5-9(10(12)7-8)11(14)3-2-6-13/h4-5,7,13H,2-3,6,12H2,1H3. The van der Waals surface area contributed by atoms with Gasteiger partial charge in [-0.25, -0.2) is 0 Å². The number of nitrogen functional groups attached to an aromatic ring is 1. The molecule has 0 bridgehead atoms. The van der Waals surface area contributed by atoms with Crippen molar-refractivity contribution in [2.24, 2.45) is 0 Å². The lowest BCUT2D eigenvalue weighted by atomic mass is 10.0. The molecule has 0 saturated carbocycles. The lowest BCUT2D eigenvalue weighted by molar-refractivity contribution is 0.0972. The fraction of sp³-hybridized carbons (Fsp3) is 0.364. The van der Waals surface area contributed by atoms with E-state index in [-0.39, 0.29) is 12.4 Å². The maximum atomic E-state index is 11.5. The van der Waals surface area contributed by atoms with Gasteiger partial charge in [0.25, 0.3) is 0 Å². The van der Waals surface area contributed by atoms with Crippen molar-refractivity contribution < 1.29 is 9.90 Å². The Balaban J connectivity index is 2.80. The smallest absolute Gasteiger partial charge is 0.165 e. The second-order valence-corrected chi connectivity index (χ2v) is 3.34. The van der Waals surface area contributed by atoms with Crippen LogP contribution in [0.15, 0.2) is 18.2 Å². The van der Waals surface area contributed by atoms with Crippen LogP contribution in [0, 0.1) is 6.92 Å². The van der Waals surface area contributed by atoms with Crippen LogP contribution >= 0.6 is 0 Å². The predicted octanol–water partition coefficient (Wildman–Crippen LogP) is 1.53. The first kappa shape index (κ1) is 10.7. The number of aliphatic hydroxyl groups excluding tert-OH is 1. The van der Waals surface area contributed by atoms with Gasteiger partial charge in [0, 0.05) is 24.3 Å². The average molecular weight is 193 g/mol.